The van der Waals surface area contributed by atoms with Crippen molar-refractivity contribution in [2.45, 2.75) is 207 Å². The highest BCUT2D eigenvalue weighted by molar-refractivity contribution is 4.96. The first kappa shape index (κ1) is 35.4. The zero-order valence-electron chi connectivity index (χ0n) is 26.8. The van der Waals surface area contributed by atoms with Crippen LogP contribution in [0.1, 0.15) is 201 Å². The van der Waals surface area contributed by atoms with Crippen LogP contribution in [0.15, 0.2) is 12.4 Å². The van der Waals surface area contributed by atoms with Gasteiger partial charge >= 0.3 is 0 Å². The molecule has 1 rings (SSSR count). The molecule has 0 fully saturated rings. The van der Waals surface area contributed by atoms with E-state index in [1.807, 2.05) is 0 Å². The first-order chi connectivity index (χ1) is 18.8. The zero-order chi connectivity index (χ0) is 27.4. The van der Waals surface area contributed by atoms with E-state index < -0.39 is 0 Å². The van der Waals surface area contributed by atoms with Gasteiger partial charge in [0.15, 0.2) is 0 Å². The maximum Gasteiger partial charge on any atom is 0.101 e. The van der Waals surface area contributed by atoms with E-state index in [2.05, 4.69) is 43.0 Å². The Balaban J connectivity index is 2.01. The monoisotopic (exact) mass is 533 g/mol. The van der Waals surface area contributed by atoms with Crippen LogP contribution < -0.4 is 0 Å². The topological polar surface area (TPSA) is 6.48 Å². The van der Waals surface area contributed by atoms with E-state index in [4.69, 9.17) is 0 Å². The standard InChI is InChI=1S/C36H72N2/c1-4-7-10-12-14-16-18-19-20-21-22-24-26-28-30-33-38-35-34-37(36(38)31-9-6-3)32-29-27-25-23-17-15-13-11-8-5-2/h34-36H,4-33H2,1-3H3. The van der Waals surface area contributed by atoms with Crippen molar-refractivity contribution in [2.75, 3.05) is 13.1 Å². The first-order valence-corrected chi connectivity index (χ1v) is 18.0. The number of hydrogen-bond acceptors (Lipinski definition) is 2. The first-order valence-electron chi connectivity index (χ1n) is 18.0. The summed E-state index contributed by atoms with van der Waals surface area (Å²) in [7, 11) is 0. The number of rotatable bonds is 30. The van der Waals surface area contributed by atoms with Gasteiger partial charge in [0, 0.05) is 25.5 Å². The van der Waals surface area contributed by atoms with Crippen LogP contribution in [-0.4, -0.2) is 29.1 Å². The summed E-state index contributed by atoms with van der Waals surface area (Å²) in [5, 5.41) is 0. The Morgan fingerprint density at radius 1 is 0.342 bits per heavy atom. The summed E-state index contributed by atoms with van der Waals surface area (Å²) in [6.07, 6.45) is 45.5. The highest BCUT2D eigenvalue weighted by Gasteiger charge is 2.24. The highest BCUT2D eigenvalue weighted by Crippen LogP contribution is 2.23. The van der Waals surface area contributed by atoms with Gasteiger partial charge in [-0.3, -0.25) is 0 Å². The van der Waals surface area contributed by atoms with Gasteiger partial charge in [0.25, 0.3) is 0 Å². The molecule has 0 amide bonds. The summed E-state index contributed by atoms with van der Waals surface area (Å²) in [6, 6.07) is 0. The van der Waals surface area contributed by atoms with Crippen LogP contribution in [0.25, 0.3) is 0 Å². The van der Waals surface area contributed by atoms with Crippen LogP contribution >= 0.6 is 0 Å². The van der Waals surface area contributed by atoms with Gasteiger partial charge in [0.2, 0.25) is 0 Å². The minimum atomic E-state index is 0.639. The van der Waals surface area contributed by atoms with E-state index in [1.54, 1.807) is 0 Å². The molecule has 1 aliphatic rings. The number of nitrogens with zero attached hydrogens (tertiary/aromatic N) is 2. The van der Waals surface area contributed by atoms with E-state index in [1.165, 1.54) is 193 Å². The summed E-state index contributed by atoms with van der Waals surface area (Å²) in [4.78, 5) is 5.35. The van der Waals surface area contributed by atoms with Crippen molar-refractivity contribution in [1.29, 1.82) is 0 Å². The fourth-order valence-electron chi connectivity index (χ4n) is 6.17. The molecule has 0 saturated carbocycles. The van der Waals surface area contributed by atoms with Gasteiger partial charge in [0.1, 0.15) is 6.17 Å². The summed E-state index contributed by atoms with van der Waals surface area (Å²) in [6.45, 7) is 9.48. The lowest BCUT2D eigenvalue weighted by molar-refractivity contribution is 0.136. The summed E-state index contributed by atoms with van der Waals surface area (Å²) >= 11 is 0. The van der Waals surface area contributed by atoms with Crippen LogP contribution in [0.4, 0.5) is 0 Å². The van der Waals surface area contributed by atoms with Crippen LogP contribution in [0, 0.1) is 0 Å². The SMILES string of the molecule is CCCCCCCCCCCCCCCCCN1C=CN(CCCCCCCCCCCC)C1CCCC. The van der Waals surface area contributed by atoms with Crippen LogP contribution in [0.5, 0.6) is 0 Å². The molecule has 1 heterocycles. The average Bonchev–Trinajstić information content (AvgIpc) is 3.31. The maximum absolute atomic E-state index is 2.67. The molecule has 2 nitrogen and oxygen atoms in total. The fourth-order valence-corrected chi connectivity index (χ4v) is 6.17. The maximum atomic E-state index is 2.67. The quantitative estimate of drug-likeness (QED) is 0.0848. The second-order valence-corrected chi connectivity index (χ2v) is 12.5. The Morgan fingerprint density at radius 3 is 0.895 bits per heavy atom. The molecule has 2 heteroatoms. The van der Waals surface area contributed by atoms with E-state index in [0.29, 0.717) is 6.17 Å². The molecule has 1 aliphatic heterocycles. The van der Waals surface area contributed by atoms with Crippen LogP contribution in [0.3, 0.4) is 0 Å². The second kappa shape index (κ2) is 27.9. The third-order valence-electron chi connectivity index (χ3n) is 8.82. The molecule has 0 aromatic rings. The molecular formula is C36H72N2. The molecule has 226 valence electrons. The van der Waals surface area contributed by atoms with E-state index >= 15 is 0 Å². The summed E-state index contributed by atoms with van der Waals surface area (Å²) in [5.41, 5.74) is 0. The van der Waals surface area contributed by atoms with Crippen molar-refractivity contribution < 1.29 is 0 Å². The Morgan fingerprint density at radius 2 is 0.605 bits per heavy atom. The Bertz CT molecular complexity index is 488. The van der Waals surface area contributed by atoms with Crippen molar-refractivity contribution in [1.82, 2.24) is 9.80 Å². The molecule has 0 aromatic carbocycles. The van der Waals surface area contributed by atoms with E-state index in [0.717, 1.165) is 0 Å². The summed E-state index contributed by atoms with van der Waals surface area (Å²) in [5.74, 6) is 0. The third kappa shape index (κ3) is 20.3. The molecule has 1 unspecified atom stereocenters. The average molecular weight is 533 g/mol. The Kier molecular flexibility index (Phi) is 26.0. The van der Waals surface area contributed by atoms with Gasteiger partial charge < -0.3 is 9.80 Å². The molecule has 0 aromatic heterocycles. The normalized spacial score (nSPS) is 15.3. The minimum absolute atomic E-state index is 0.639. The van der Waals surface area contributed by atoms with Gasteiger partial charge in [-0.2, -0.15) is 0 Å². The van der Waals surface area contributed by atoms with Gasteiger partial charge in [0.05, 0.1) is 0 Å². The predicted octanol–water partition coefficient (Wildman–Crippen LogP) is 12.4. The molecule has 1 atom stereocenters. The van der Waals surface area contributed by atoms with Crippen molar-refractivity contribution in [3.8, 4) is 0 Å². The van der Waals surface area contributed by atoms with Gasteiger partial charge in [-0.25, -0.2) is 0 Å². The molecule has 0 bridgehead atoms. The van der Waals surface area contributed by atoms with Crippen molar-refractivity contribution in [3.63, 3.8) is 0 Å². The zero-order valence-corrected chi connectivity index (χ0v) is 26.8. The third-order valence-corrected chi connectivity index (χ3v) is 8.82. The van der Waals surface area contributed by atoms with Crippen molar-refractivity contribution >= 4 is 0 Å². The highest BCUT2D eigenvalue weighted by atomic mass is 15.4. The fraction of sp³-hybridized carbons (Fsp3) is 0.944. The smallest absolute Gasteiger partial charge is 0.101 e. The Labute approximate surface area is 241 Å². The van der Waals surface area contributed by atoms with E-state index in [9.17, 15) is 0 Å². The number of unbranched alkanes of at least 4 members (excludes halogenated alkanes) is 24. The lowest BCUT2D eigenvalue weighted by atomic mass is 10.0. The second-order valence-electron chi connectivity index (χ2n) is 12.5. The lowest BCUT2D eigenvalue weighted by Crippen LogP contribution is -2.39. The molecule has 0 radical (unpaired) electrons. The molecule has 0 N–H and O–H groups in total. The molecule has 0 aliphatic carbocycles. The molecular weight excluding hydrogens is 460 g/mol. The minimum Gasteiger partial charge on any atom is -0.356 e. The lowest BCUT2D eigenvalue weighted by Gasteiger charge is -2.33. The molecule has 0 saturated heterocycles. The molecule has 38 heavy (non-hydrogen) atoms. The van der Waals surface area contributed by atoms with Gasteiger partial charge in [-0.05, 0) is 25.7 Å². The number of hydrogen-bond donors (Lipinski definition) is 0. The van der Waals surface area contributed by atoms with Crippen molar-refractivity contribution in [2.24, 2.45) is 0 Å². The molecule has 0 spiro atoms. The van der Waals surface area contributed by atoms with Gasteiger partial charge in [-0.1, -0.05) is 175 Å². The largest absolute Gasteiger partial charge is 0.356 e. The van der Waals surface area contributed by atoms with Crippen molar-refractivity contribution in [3.05, 3.63) is 12.4 Å². The predicted molar refractivity (Wildman–Crippen MR) is 173 cm³/mol. The Hall–Kier alpha value is -0.660. The summed E-state index contributed by atoms with van der Waals surface area (Å²) < 4.78 is 0. The van der Waals surface area contributed by atoms with Crippen LogP contribution in [0.2, 0.25) is 0 Å². The van der Waals surface area contributed by atoms with E-state index in [-0.39, 0.29) is 0 Å². The van der Waals surface area contributed by atoms with Crippen LogP contribution in [-0.2, 0) is 0 Å². The van der Waals surface area contributed by atoms with Gasteiger partial charge in [-0.15, -0.1) is 0 Å².